The molecule has 0 atom stereocenters. The van der Waals surface area contributed by atoms with Crippen LogP contribution in [-0.4, -0.2) is 22.5 Å². The van der Waals surface area contributed by atoms with Gasteiger partial charge < -0.3 is 15.5 Å². The Hall–Kier alpha value is -2.90. The molecular formula is C12H11N3O5. The van der Waals surface area contributed by atoms with Crippen molar-refractivity contribution in [2.24, 2.45) is 0 Å². The van der Waals surface area contributed by atoms with Gasteiger partial charge in [-0.25, -0.2) is 4.79 Å². The number of aromatic nitrogens is 1. The van der Waals surface area contributed by atoms with Crippen LogP contribution in [0.25, 0.3) is 10.9 Å². The minimum atomic E-state index is -0.861. The topological polar surface area (TPSA) is 128 Å². The number of nitrogens with one attached hydrogen (secondary N) is 1. The lowest BCUT2D eigenvalue weighted by Crippen LogP contribution is -2.22. The number of H-pyrrole nitrogens is 1. The third-order valence-corrected chi connectivity index (χ3v) is 2.73. The van der Waals surface area contributed by atoms with Gasteiger partial charge in [0, 0.05) is 17.5 Å². The summed E-state index contributed by atoms with van der Waals surface area (Å²) in [7, 11) is 0. The average molecular weight is 277 g/mol. The molecule has 20 heavy (non-hydrogen) atoms. The Morgan fingerprint density at radius 1 is 1.50 bits per heavy atom. The first-order valence-corrected chi connectivity index (χ1v) is 5.72. The van der Waals surface area contributed by atoms with Gasteiger partial charge in [0.1, 0.15) is 5.56 Å². The third-order valence-electron chi connectivity index (χ3n) is 2.73. The summed E-state index contributed by atoms with van der Waals surface area (Å²) in [5.74, 6) is -0.861. The quantitative estimate of drug-likeness (QED) is 0.492. The van der Waals surface area contributed by atoms with Crippen LogP contribution < -0.4 is 11.3 Å². The number of nitrogen functional groups attached to an aromatic ring is 1. The van der Waals surface area contributed by atoms with E-state index < -0.39 is 16.5 Å². The van der Waals surface area contributed by atoms with Crippen molar-refractivity contribution in [1.29, 1.82) is 0 Å². The summed E-state index contributed by atoms with van der Waals surface area (Å²) in [6, 6.07) is 3.80. The van der Waals surface area contributed by atoms with Crippen LogP contribution in [0.5, 0.6) is 0 Å². The van der Waals surface area contributed by atoms with Crippen molar-refractivity contribution in [2.75, 3.05) is 12.3 Å². The number of aromatic amines is 1. The first-order valence-electron chi connectivity index (χ1n) is 5.72. The van der Waals surface area contributed by atoms with E-state index >= 15 is 0 Å². The molecule has 0 aliphatic rings. The second kappa shape index (κ2) is 5.00. The second-order valence-electron chi connectivity index (χ2n) is 3.95. The molecule has 1 aromatic heterocycles. The van der Waals surface area contributed by atoms with Crippen LogP contribution in [0.2, 0.25) is 0 Å². The number of anilines is 1. The van der Waals surface area contributed by atoms with E-state index in [1.807, 2.05) is 0 Å². The van der Waals surface area contributed by atoms with Crippen LogP contribution in [0.4, 0.5) is 11.4 Å². The first-order chi connectivity index (χ1) is 9.45. The number of rotatable bonds is 3. The Balaban J connectivity index is 2.75. The van der Waals surface area contributed by atoms with E-state index in [-0.39, 0.29) is 28.9 Å². The molecule has 0 saturated heterocycles. The summed E-state index contributed by atoms with van der Waals surface area (Å²) in [4.78, 5) is 36.1. The second-order valence-corrected chi connectivity index (χ2v) is 3.95. The lowest BCUT2D eigenvalue weighted by Gasteiger charge is -2.07. The van der Waals surface area contributed by atoms with Crippen molar-refractivity contribution in [2.45, 2.75) is 6.92 Å². The number of fused-ring (bicyclic) bond motifs is 1. The molecule has 1 heterocycles. The fourth-order valence-electron chi connectivity index (χ4n) is 1.83. The molecule has 0 radical (unpaired) electrons. The van der Waals surface area contributed by atoms with E-state index in [0.717, 1.165) is 0 Å². The maximum atomic E-state index is 11.8. The number of hydrogen-bond donors (Lipinski definition) is 2. The summed E-state index contributed by atoms with van der Waals surface area (Å²) in [5.41, 5.74) is 4.73. The molecule has 2 aromatic rings. The van der Waals surface area contributed by atoms with E-state index in [2.05, 4.69) is 4.98 Å². The largest absolute Gasteiger partial charge is 0.462 e. The van der Waals surface area contributed by atoms with Crippen LogP contribution in [0, 0.1) is 10.1 Å². The number of nitrogens with two attached hydrogens (primary N) is 1. The van der Waals surface area contributed by atoms with E-state index in [9.17, 15) is 19.7 Å². The average Bonchev–Trinajstić information content (AvgIpc) is 2.38. The fourth-order valence-corrected chi connectivity index (χ4v) is 1.83. The number of ether oxygens (including phenoxy) is 1. The molecule has 0 spiro atoms. The standard InChI is InChI=1S/C12H11N3O5/c1-2-20-12(17)9-10(13)7-5-6(15(18)19)3-4-8(7)14-11(9)16/h3-5H,2H2,1H3,(H3,13,14,16). The molecule has 0 aliphatic heterocycles. The molecule has 1 aromatic carbocycles. The zero-order valence-corrected chi connectivity index (χ0v) is 10.5. The van der Waals surface area contributed by atoms with Gasteiger partial charge in [-0.05, 0) is 13.0 Å². The summed E-state index contributed by atoms with van der Waals surface area (Å²) in [5, 5.41) is 11.0. The maximum absolute atomic E-state index is 11.8. The zero-order chi connectivity index (χ0) is 14.9. The van der Waals surface area contributed by atoms with Gasteiger partial charge in [0.05, 0.1) is 22.7 Å². The smallest absolute Gasteiger partial charge is 0.345 e. The maximum Gasteiger partial charge on any atom is 0.345 e. The lowest BCUT2D eigenvalue weighted by molar-refractivity contribution is -0.384. The van der Waals surface area contributed by atoms with Crippen LogP contribution in [-0.2, 0) is 4.74 Å². The van der Waals surface area contributed by atoms with Gasteiger partial charge in [-0.1, -0.05) is 0 Å². The Morgan fingerprint density at radius 2 is 2.20 bits per heavy atom. The summed E-state index contributed by atoms with van der Waals surface area (Å²) in [6.07, 6.45) is 0. The van der Waals surface area contributed by atoms with E-state index in [0.29, 0.717) is 5.52 Å². The number of non-ortho nitro benzene ring substituents is 1. The van der Waals surface area contributed by atoms with E-state index in [1.54, 1.807) is 6.92 Å². The predicted molar refractivity (Wildman–Crippen MR) is 71.6 cm³/mol. The third kappa shape index (κ3) is 2.18. The molecule has 0 fully saturated rings. The van der Waals surface area contributed by atoms with Gasteiger partial charge in [0.2, 0.25) is 0 Å². The molecule has 2 rings (SSSR count). The number of pyridine rings is 1. The number of benzene rings is 1. The fraction of sp³-hybridized carbons (Fsp3) is 0.167. The van der Waals surface area contributed by atoms with Crippen molar-refractivity contribution < 1.29 is 14.5 Å². The number of nitro groups is 1. The Kier molecular flexibility index (Phi) is 3.38. The number of carbonyl (C=O) groups excluding carboxylic acids is 1. The van der Waals surface area contributed by atoms with Gasteiger partial charge >= 0.3 is 5.97 Å². The van der Waals surface area contributed by atoms with Gasteiger partial charge in [0.15, 0.2) is 0 Å². The monoisotopic (exact) mass is 277 g/mol. The normalized spacial score (nSPS) is 10.4. The predicted octanol–water partition coefficient (Wildman–Crippen LogP) is 1.20. The summed E-state index contributed by atoms with van der Waals surface area (Å²) >= 11 is 0. The molecule has 0 saturated carbocycles. The summed E-state index contributed by atoms with van der Waals surface area (Å²) in [6.45, 7) is 1.68. The lowest BCUT2D eigenvalue weighted by atomic mass is 10.1. The molecule has 8 nitrogen and oxygen atoms in total. The minimum absolute atomic E-state index is 0.0880. The van der Waals surface area contributed by atoms with Gasteiger partial charge in [-0.15, -0.1) is 0 Å². The molecule has 104 valence electrons. The molecule has 0 unspecified atom stereocenters. The van der Waals surface area contributed by atoms with Crippen LogP contribution in [0.3, 0.4) is 0 Å². The Bertz CT molecular complexity index is 766. The van der Waals surface area contributed by atoms with E-state index in [4.69, 9.17) is 10.5 Å². The van der Waals surface area contributed by atoms with Crippen LogP contribution >= 0.6 is 0 Å². The van der Waals surface area contributed by atoms with Crippen molar-refractivity contribution in [3.8, 4) is 0 Å². The minimum Gasteiger partial charge on any atom is -0.462 e. The highest BCUT2D eigenvalue weighted by Gasteiger charge is 2.20. The molecular weight excluding hydrogens is 266 g/mol. The van der Waals surface area contributed by atoms with Crippen LogP contribution in [0.1, 0.15) is 17.3 Å². The summed E-state index contributed by atoms with van der Waals surface area (Å²) < 4.78 is 4.74. The molecule has 3 N–H and O–H groups in total. The van der Waals surface area contributed by atoms with Crippen molar-refractivity contribution >= 4 is 28.2 Å². The molecule has 0 amide bonds. The molecule has 0 bridgehead atoms. The van der Waals surface area contributed by atoms with Gasteiger partial charge in [-0.2, -0.15) is 0 Å². The highest BCUT2D eigenvalue weighted by Crippen LogP contribution is 2.25. The highest BCUT2D eigenvalue weighted by atomic mass is 16.6. The van der Waals surface area contributed by atoms with Crippen molar-refractivity contribution in [3.05, 3.63) is 44.2 Å². The zero-order valence-electron chi connectivity index (χ0n) is 10.5. The SMILES string of the molecule is CCOC(=O)c1c(N)c2cc([N+](=O)[O-])ccc2[nH]c1=O. The van der Waals surface area contributed by atoms with Crippen LogP contribution in [0.15, 0.2) is 23.0 Å². The molecule has 0 aliphatic carbocycles. The number of hydrogen-bond acceptors (Lipinski definition) is 6. The number of nitrogens with zero attached hydrogens (tertiary/aromatic N) is 1. The van der Waals surface area contributed by atoms with Gasteiger partial charge in [-0.3, -0.25) is 14.9 Å². The number of esters is 1. The Labute approximate surface area is 112 Å². The highest BCUT2D eigenvalue weighted by molar-refractivity contribution is 6.04. The Morgan fingerprint density at radius 3 is 2.80 bits per heavy atom. The first kappa shape index (κ1) is 13.5. The van der Waals surface area contributed by atoms with Crippen molar-refractivity contribution in [1.82, 2.24) is 4.98 Å². The van der Waals surface area contributed by atoms with Crippen molar-refractivity contribution in [3.63, 3.8) is 0 Å². The van der Waals surface area contributed by atoms with E-state index in [1.165, 1.54) is 18.2 Å². The molecule has 8 heteroatoms. The number of carbonyl (C=O) groups is 1. The van der Waals surface area contributed by atoms with Gasteiger partial charge in [0.25, 0.3) is 11.2 Å². The number of nitro benzene ring substituents is 1.